The summed E-state index contributed by atoms with van der Waals surface area (Å²) in [5.74, 6) is 0.479. The molecule has 0 bridgehead atoms. The zero-order valence-electron chi connectivity index (χ0n) is 6.50. The van der Waals surface area contributed by atoms with Crippen LogP contribution >= 0.6 is 23.2 Å². The molecule has 0 aliphatic heterocycles. The first kappa shape index (κ1) is 8.60. The van der Waals surface area contributed by atoms with Gasteiger partial charge in [-0.2, -0.15) is 4.98 Å². The largest absolute Gasteiger partial charge is 0.443 e. The fourth-order valence-corrected chi connectivity index (χ4v) is 1.32. The molecule has 0 radical (unpaired) electrons. The average molecular weight is 214 g/mol. The fraction of sp³-hybridized carbons (Fsp3) is 0. The molecule has 2 nitrogen and oxygen atoms in total. The summed E-state index contributed by atoms with van der Waals surface area (Å²) in [6.45, 7) is 0. The highest BCUT2D eigenvalue weighted by Crippen LogP contribution is 2.23. The van der Waals surface area contributed by atoms with Gasteiger partial charge in [-0.25, -0.2) is 0 Å². The SMILES string of the molecule is Clc1cccc(-c2nc(Cl)co2)c1. The van der Waals surface area contributed by atoms with Gasteiger partial charge in [0.25, 0.3) is 0 Å². The molecule has 0 fully saturated rings. The maximum absolute atomic E-state index is 5.80. The Balaban J connectivity index is 2.46. The Labute approximate surface area is 85.1 Å². The van der Waals surface area contributed by atoms with Crippen LogP contribution in [0, 0.1) is 0 Å². The average Bonchev–Trinajstić information content (AvgIpc) is 2.52. The molecule has 13 heavy (non-hydrogen) atoms. The van der Waals surface area contributed by atoms with Crippen LogP contribution in [-0.2, 0) is 0 Å². The van der Waals surface area contributed by atoms with Crippen molar-refractivity contribution in [2.75, 3.05) is 0 Å². The molecule has 0 saturated carbocycles. The summed E-state index contributed by atoms with van der Waals surface area (Å²) in [5.41, 5.74) is 0.819. The van der Waals surface area contributed by atoms with Gasteiger partial charge < -0.3 is 4.42 Å². The molecule has 2 aromatic rings. The van der Waals surface area contributed by atoms with E-state index in [4.69, 9.17) is 27.6 Å². The van der Waals surface area contributed by atoms with E-state index in [0.29, 0.717) is 16.1 Å². The zero-order chi connectivity index (χ0) is 9.26. The van der Waals surface area contributed by atoms with Crippen molar-refractivity contribution in [2.45, 2.75) is 0 Å². The molecule has 66 valence electrons. The lowest BCUT2D eigenvalue weighted by atomic mass is 10.2. The van der Waals surface area contributed by atoms with Gasteiger partial charge in [0.1, 0.15) is 6.26 Å². The van der Waals surface area contributed by atoms with Crippen LogP contribution in [-0.4, -0.2) is 4.98 Å². The summed E-state index contributed by atoms with van der Waals surface area (Å²) in [6, 6.07) is 7.24. The van der Waals surface area contributed by atoms with Gasteiger partial charge >= 0.3 is 0 Å². The monoisotopic (exact) mass is 213 g/mol. The summed E-state index contributed by atoms with van der Waals surface area (Å²) in [7, 11) is 0. The van der Waals surface area contributed by atoms with Gasteiger partial charge in [-0.15, -0.1) is 0 Å². The lowest BCUT2D eigenvalue weighted by molar-refractivity contribution is 0.574. The maximum Gasteiger partial charge on any atom is 0.227 e. The van der Waals surface area contributed by atoms with E-state index < -0.39 is 0 Å². The quantitative estimate of drug-likeness (QED) is 0.723. The Hall–Kier alpha value is -0.990. The standard InChI is InChI=1S/C9H5Cl2NO/c10-7-3-1-2-6(4-7)9-12-8(11)5-13-9/h1-5H. The molecule has 1 heterocycles. The second kappa shape index (κ2) is 3.40. The summed E-state index contributed by atoms with van der Waals surface area (Å²) < 4.78 is 5.10. The highest BCUT2D eigenvalue weighted by atomic mass is 35.5. The molecular weight excluding hydrogens is 209 g/mol. The number of oxazole rings is 1. The Morgan fingerprint density at radius 2 is 2.08 bits per heavy atom. The molecule has 2 rings (SSSR count). The summed E-state index contributed by atoms with van der Waals surface area (Å²) >= 11 is 11.4. The van der Waals surface area contributed by atoms with Gasteiger partial charge in [-0.05, 0) is 18.2 Å². The van der Waals surface area contributed by atoms with Crippen LogP contribution in [0.15, 0.2) is 34.9 Å². The van der Waals surface area contributed by atoms with Crippen molar-refractivity contribution >= 4 is 23.2 Å². The van der Waals surface area contributed by atoms with Crippen molar-refractivity contribution in [1.29, 1.82) is 0 Å². The highest BCUT2D eigenvalue weighted by molar-refractivity contribution is 6.31. The molecule has 4 heteroatoms. The van der Waals surface area contributed by atoms with E-state index in [9.17, 15) is 0 Å². The molecule has 0 aliphatic rings. The second-order valence-corrected chi connectivity index (χ2v) is 3.31. The molecule has 0 saturated heterocycles. The van der Waals surface area contributed by atoms with Gasteiger partial charge in [0.15, 0.2) is 5.15 Å². The third kappa shape index (κ3) is 1.85. The summed E-state index contributed by atoms with van der Waals surface area (Å²) in [6.07, 6.45) is 1.39. The highest BCUT2D eigenvalue weighted by Gasteiger charge is 2.04. The van der Waals surface area contributed by atoms with E-state index in [-0.39, 0.29) is 0 Å². The number of hydrogen-bond donors (Lipinski definition) is 0. The van der Waals surface area contributed by atoms with E-state index in [1.165, 1.54) is 6.26 Å². The number of benzene rings is 1. The first-order chi connectivity index (χ1) is 6.25. The molecule has 0 aliphatic carbocycles. The van der Waals surface area contributed by atoms with Crippen LogP contribution in [0.5, 0.6) is 0 Å². The zero-order valence-corrected chi connectivity index (χ0v) is 8.01. The van der Waals surface area contributed by atoms with E-state index in [0.717, 1.165) is 5.56 Å². The molecule has 0 atom stereocenters. The van der Waals surface area contributed by atoms with Gasteiger partial charge in [0, 0.05) is 10.6 Å². The molecule has 0 N–H and O–H groups in total. The summed E-state index contributed by atoms with van der Waals surface area (Å²) in [4.78, 5) is 3.96. The van der Waals surface area contributed by atoms with Crippen LogP contribution in [0.25, 0.3) is 11.5 Å². The Kier molecular flexibility index (Phi) is 2.25. The van der Waals surface area contributed by atoms with E-state index in [1.54, 1.807) is 12.1 Å². The third-order valence-electron chi connectivity index (χ3n) is 1.55. The van der Waals surface area contributed by atoms with Crippen molar-refractivity contribution in [2.24, 2.45) is 0 Å². The van der Waals surface area contributed by atoms with Gasteiger partial charge in [0.2, 0.25) is 5.89 Å². The topological polar surface area (TPSA) is 26.0 Å². The lowest BCUT2D eigenvalue weighted by Gasteiger charge is -1.94. The molecular formula is C9H5Cl2NO. The summed E-state index contributed by atoms with van der Waals surface area (Å²) in [5, 5.41) is 0.988. The smallest absolute Gasteiger partial charge is 0.227 e. The Morgan fingerprint density at radius 1 is 1.23 bits per heavy atom. The molecule has 0 spiro atoms. The van der Waals surface area contributed by atoms with Crippen LogP contribution in [0.4, 0.5) is 0 Å². The minimum Gasteiger partial charge on any atom is -0.443 e. The minimum absolute atomic E-state index is 0.343. The molecule has 1 aromatic heterocycles. The number of halogens is 2. The van der Waals surface area contributed by atoms with Crippen LogP contribution in [0.3, 0.4) is 0 Å². The maximum atomic E-state index is 5.80. The van der Waals surface area contributed by atoms with Gasteiger partial charge in [0.05, 0.1) is 0 Å². The van der Waals surface area contributed by atoms with Gasteiger partial charge in [-0.1, -0.05) is 29.3 Å². The normalized spacial score (nSPS) is 10.3. The van der Waals surface area contributed by atoms with E-state index in [1.807, 2.05) is 12.1 Å². The van der Waals surface area contributed by atoms with Crippen molar-refractivity contribution in [3.8, 4) is 11.5 Å². The van der Waals surface area contributed by atoms with Crippen molar-refractivity contribution < 1.29 is 4.42 Å². The van der Waals surface area contributed by atoms with Crippen LogP contribution in [0.2, 0.25) is 10.2 Å². The predicted octanol–water partition coefficient (Wildman–Crippen LogP) is 3.65. The van der Waals surface area contributed by atoms with Crippen molar-refractivity contribution in [3.05, 3.63) is 40.7 Å². The second-order valence-electron chi connectivity index (χ2n) is 2.49. The first-order valence-corrected chi connectivity index (χ1v) is 4.38. The Morgan fingerprint density at radius 3 is 2.69 bits per heavy atom. The van der Waals surface area contributed by atoms with E-state index >= 15 is 0 Å². The minimum atomic E-state index is 0.343. The van der Waals surface area contributed by atoms with E-state index in [2.05, 4.69) is 4.98 Å². The Bertz CT molecular complexity index is 425. The number of rotatable bonds is 1. The lowest BCUT2D eigenvalue weighted by Crippen LogP contribution is -1.75. The fourth-order valence-electron chi connectivity index (χ4n) is 1.01. The van der Waals surface area contributed by atoms with Crippen LogP contribution < -0.4 is 0 Å². The third-order valence-corrected chi connectivity index (χ3v) is 1.96. The molecule has 1 aromatic carbocycles. The molecule has 0 amide bonds. The number of hydrogen-bond acceptors (Lipinski definition) is 2. The first-order valence-electron chi connectivity index (χ1n) is 3.63. The van der Waals surface area contributed by atoms with Gasteiger partial charge in [-0.3, -0.25) is 0 Å². The van der Waals surface area contributed by atoms with Crippen LogP contribution in [0.1, 0.15) is 0 Å². The predicted molar refractivity (Wildman–Crippen MR) is 52.0 cm³/mol. The number of nitrogens with zero attached hydrogens (tertiary/aromatic N) is 1. The number of aromatic nitrogens is 1. The molecule has 0 unspecified atom stereocenters. The van der Waals surface area contributed by atoms with Crippen molar-refractivity contribution in [1.82, 2.24) is 4.98 Å². The van der Waals surface area contributed by atoms with Crippen molar-refractivity contribution in [3.63, 3.8) is 0 Å².